The molecule has 1 aromatic rings. The summed E-state index contributed by atoms with van der Waals surface area (Å²) in [7, 11) is 1.24. The van der Waals surface area contributed by atoms with Crippen LogP contribution in [0.4, 0.5) is 5.69 Å². The molecule has 0 aromatic heterocycles. The minimum Gasteiger partial charge on any atom is -0.487 e. The van der Waals surface area contributed by atoms with E-state index < -0.39 is 10.9 Å². The Kier molecular flexibility index (Phi) is 6.45. The van der Waals surface area contributed by atoms with Gasteiger partial charge in [0, 0.05) is 31.8 Å². The first-order valence-electron chi connectivity index (χ1n) is 6.17. The van der Waals surface area contributed by atoms with E-state index in [1.165, 1.54) is 25.3 Å². The Bertz CT molecular complexity index is 474. The predicted octanol–water partition coefficient (Wildman–Crippen LogP) is 2.19. The van der Waals surface area contributed by atoms with Crippen LogP contribution >= 0.6 is 0 Å². The van der Waals surface area contributed by atoms with Crippen molar-refractivity contribution in [2.45, 2.75) is 13.3 Å². The van der Waals surface area contributed by atoms with Gasteiger partial charge in [-0.1, -0.05) is 0 Å². The summed E-state index contributed by atoms with van der Waals surface area (Å²) in [4.78, 5) is 21.7. The van der Waals surface area contributed by atoms with Crippen LogP contribution in [0.15, 0.2) is 18.2 Å². The molecule has 0 bridgehead atoms. The molecule has 0 amide bonds. The van der Waals surface area contributed by atoms with Crippen molar-refractivity contribution in [1.29, 1.82) is 0 Å². The molecule has 0 atom stereocenters. The molecular formula is C13H17NO6. The number of hydrogen-bond donors (Lipinski definition) is 0. The summed E-state index contributed by atoms with van der Waals surface area (Å²) in [6.07, 6.45) is 0.605. The number of benzene rings is 1. The Labute approximate surface area is 116 Å². The number of nitro benzene ring substituents is 1. The number of nitrogens with zero attached hydrogens (tertiary/aromatic N) is 1. The Hall–Kier alpha value is -2.15. The lowest BCUT2D eigenvalue weighted by molar-refractivity contribution is -0.385. The Balaban J connectivity index is 2.78. The molecule has 0 N–H and O–H groups in total. The number of hydrogen-bond acceptors (Lipinski definition) is 6. The van der Waals surface area contributed by atoms with E-state index in [4.69, 9.17) is 9.47 Å². The van der Waals surface area contributed by atoms with E-state index in [9.17, 15) is 14.9 Å². The zero-order chi connectivity index (χ0) is 15.0. The van der Waals surface area contributed by atoms with Gasteiger partial charge in [-0.25, -0.2) is 4.79 Å². The van der Waals surface area contributed by atoms with Crippen LogP contribution < -0.4 is 4.74 Å². The summed E-state index contributed by atoms with van der Waals surface area (Å²) in [6, 6.07) is 3.87. The summed E-state index contributed by atoms with van der Waals surface area (Å²) in [5, 5.41) is 10.9. The fourth-order valence-corrected chi connectivity index (χ4v) is 1.51. The largest absolute Gasteiger partial charge is 0.487 e. The van der Waals surface area contributed by atoms with Gasteiger partial charge >= 0.3 is 11.7 Å². The average Bonchev–Trinajstić information content (AvgIpc) is 2.45. The zero-order valence-electron chi connectivity index (χ0n) is 11.5. The van der Waals surface area contributed by atoms with Crippen molar-refractivity contribution in [2.75, 3.05) is 26.9 Å². The molecule has 1 rings (SSSR count). The molecule has 7 heteroatoms. The molecule has 0 heterocycles. The molecule has 1 aromatic carbocycles. The molecule has 0 saturated carbocycles. The number of nitro groups is 1. The van der Waals surface area contributed by atoms with Crippen molar-refractivity contribution in [3.63, 3.8) is 0 Å². The van der Waals surface area contributed by atoms with Crippen LogP contribution in [0.1, 0.15) is 23.7 Å². The summed E-state index contributed by atoms with van der Waals surface area (Å²) < 4.78 is 15.1. The lowest BCUT2D eigenvalue weighted by atomic mass is 10.2. The maximum atomic E-state index is 11.4. The molecule has 0 saturated heterocycles. The van der Waals surface area contributed by atoms with Gasteiger partial charge in [-0.2, -0.15) is 0 Å². The summed E-state index contributed by atoms with van der Waals surface area (Å²) in [6.45, 7) is 3.27. The van der Waals surface area contributed by atoms with Crippen LogP contribution in [-0.4, -0.2) is 37.8 Å². The molecule has 0 fully saturated rings. The third-order valence-corrected chi connectivity index (χ3v) is 2.47. The fourth-order valence-electron chi connectivity index (χ4n) is 1.51. The maximum absolute atomic E-state index is 11.4. The number of ether oxygens (including phenoxy) is 3. The molecule has 0 unspecified atom stereocenters. The highest BCUT2D eigenvalue weighted by molar-refractivity contribution is 5.90. The second-order valence-electron chi connectivity index (χ2n) is 3.83. The molecule has 0 spiro atoms. The molecule has 110 valence electrons. The van der Waals surface area contributed by atoms with Gasteiger partial charge in [0.15, 0.2) is 5.75 Å². The molecule has 7 nitrogen and oxygen atoms in total. The topological polar surface area (TPSA) is 87.9 Å². The number of methoxy groups -OCH3 is 1. The van der Waals surface area contributed by atoms with E-state index in [1.807, 2.05) is 6.92 Å². The molecule has 20 heavy (non-hydrogen) atoms. The lowest BCUT2D eigenvalue weighted by Gasteiger charge is -2.08. The Morgan fingerprint density at radius 2 is 2.10 bits per heavy atom. The number of esters is 1. The molecule has 0 aliphatic carbocycles. The second kappa shape index (κ2) is 8.11. The van der Waals surface area contributed by atoms with E-state index in [2.05, 4.69) is 4.74 Å². The third-order valence-electron chi connectivity index (χ3n) is 2.47. The summed E-state index contributed by atoms with van der Waals surface area (Å²) in [5.41, 5.74) is 0.0203. The monoisotopic (exact) mass is 283 g/mol. The highest BCUT2D eigenvalue weighted by atomic mass is 16.6. The van der Waals surface area contributed by atoms with Gasteiger partial charge in [0.2, 0.25) is 0 Å². The van der Waals surface area contributed by atoms with Gasteiger partial charge in [0.1, 0.15) is 0 Å². The van der Waals surface area contributed by atoms with Crippen molar-refractivity contribution >= 4 is 11.7 Å². The van der Waals surface area contributed by atoms with Crippen molar-refractivity contribution in [1.82, 2.24) is 0 Å². The normalized spacial score (nSPS) is 10.1. The predicted molar refractivity (Wildman–Crippen MR) is 71.0 cm³/mol. The fraction of sp³-hybridized carbons (Fsp3) is 0.462. The Morgan fingerprint density at radius 1 is 1.35 bits per heavy atom. The van der Waals surface area contributed by atoms with Crippen molar-refractivity contribution in [3.05, 3.63) is 33.9 Å². The van der Waals surface area contributed by atoms with Crippen molar-refractivity contribution in [3.8, 4) is 5.75 Å². The average molecular weight is 283 g/mol. The summed E-state index contributed by atoms with van der Waals surface area (Å²) >= 11 is 0. The van der Waals surface area contributed by atoms with Crippen LogP contribution in [0.25, 0.3) is 0 Å². The zero-order valence-corrected chi connectivity index (χ0v) is 11.5. The van der Waals surface area contributed by atoms with Crippen molar-refractivity contribution in [2.24, 2.45) is 0 Å². The van der Waals surface area contributed by atoms with Gasteiger partial charge in [-0.05, 0) is 13.0 Å². The summed E-state index contributed by atoms with van der Waals surface area (Å²) in [5.74, 6) is -0.520. The molecule has 0 aliphatic heterocycles. The molecule has 0 radical (unpaired) electrons. The van der Waals surface area contributed by atoms with Crippen LogP contribution in [-0.2, 0) is 9.47 Å². The highest BCUT2D eigenvalue weighted by Gasteiger charge is 2.18. The third kappa shape index (κ3) is 4.51. The molecule has 0 aliphatic rings. The first-order valence-corrected chi connectivity index (χ1v) is 6.17. The minimum atomic E-state index is -0.570. The van der Waals surface area contributed by atoms with Gasteiger partial charge < -0.3 is 14.2 Å². The molecular weight excluding hydrogens is 266 g/mol. The SMILES string of the molecule is CCOCCCOc1cc(C(=O)OC)ccc1[N+](=O)[O-]. The van der Waals surface area contributed by atoms with E-state index in [0.717, 1.165) is 0 Å². The quantitative estimate of drug-likeness (QED) is 0.314. The number of carbonyl (C=O) groups excluding carboxylic acids is 1. The van der Waals surface area contributed by atoms with Crippen LogP contribution in [0.5, 0.6) is 5.75 Å². The van der Waals surface area contributed by atoms with Crippen LogP contribution in [0, 0.1) is 10.1 Å². The van der Waals surface area contributed by atoms with Gasteiger partial charge in [0.25, 0.3) is 0 Å². The van der Waals surface area contributed by atoms with Gasteiger partial charge in [0.05, 0.1) is 24.2 Å². The van der Waals surface area contributed by atoms with Crippen molar-refractivity contribution < 1.29 is 23.9 Å². The second-order valence-corrected chi connectivity index (χ2v) is 3.83. The van der Waals surface area contributed by atoms with E-state index in [-0.39, 0.29) is 23.6 Å². The van der Waals surface area contributed by atoms with Crippen LogP contribution in [0.2, 0.25) is 0 Å². The first kappa shape index (κ1) is 15.9. The Morgan fingerprint density at radius 3 is 2.70 bits per heavy atom. The standard InChI is InChI=1S/C13H17NO6/c1-3-19-7-4-8-20-12-9-10(13(15)18-2)5-6-11(12)14(16)17/h5-6,9H,3-4,7-8H2,1-2H3. The lowest BCUT2D eigenvalue weighted by Crippen LogP contribution is -2.06. The van der Waals surface area contributed by atoms with E-state index in [1.54, 1.807) is 0 Å². The van der Waals surface area contributed by atoms with E-state index in [0.29, 0.717) is 19.6 Å². The van der Waals surface area contributed by atoms with Gasteiger partial charge in [-0.3, -0.25) is 10.1 Å². The van der Waals surface area contributed by atoms with E-state index >= 15 is 0 Å². The number of carbonyl (C=O) groups is 1. The maximum Gasteiger partial charge on any atom is 0.337 e. The van der Waals surface area contributed by atoms with Gasteiger partial charge in [-0.15, -0.1) is 0 Å². The number of rotatable bonds is 8. The minimum absolute atomic E-state index is 0.0504. The first-order chi connectivity index (χ1) is 9.60. The smallest absolute Gasteiger partial charge is 0.337 e. The highest BCUT2D eigenvalue weighted by Crippen LogP contribution is 2.28. The van der Waals surface area contributed by atoms with Crippen LogP contribution in [0.3, 0.4) is 0 Å².